The van der Waals surface area contributed by atoms with Gasteiger partial charge in [0.15, 0.2) is 0 Å². The second-order valence-corrected chi connectivity index (χ2v) is 4.48. The maximum atomic E-state index is 11.6. The van der Waals surface area contributed by atoms with Gasteiger partial charge in [0.2, 0.25) is 0 Å². The van der Waals surface area contributed by atoms with E-state index in [-0.39, 0.29) is 17.9 Å². The number of rotatable bonds is 2. The number of esters is 1. The molecule has 1 N–H and O–H groups in total. The van der Waals surface area contributed by atoms with Gasteiger partial charge in [0, 0.05) is 12.1 Å². The zero-order valence-corrected chi connectivity index (χ0v) is 9.35. The smallest absolute Gasteiger partial charge is 0.312 e. The lowest BCUT2D eigenvalue weighted by Crippen LogP contribution is -2.53. The first-order valence-corrected chi connectivity index (χ1v) is 5.70. The van der Waals surface area contributed by atoms with Crippen molar-refractivity contribution in [1.29, 1.82) is 0 Å². The lowest BCUT2D eigenvalue weighted by atomic mass is 9.87. The third-order valence-corrected chi connectivity index (χ3v) is 3.87. The van der Waals surface area contributed by atoms with E-state index < -0.39 is 6.10 Å². The van der Waals surface area contributed by atoms with Crippen molar-refractivity contribution >= 4 is 5.97 Å². The van der Waals surface area contributed by atoms with Gasteiger partial charge in [-0.25, -0.2) is 0 Å². The first-order valence-electron chi connectivity index (χ1n) is 5.70. The van der Waals surface area contributed by atoms with Gasteiger partial charge in [0.25, 0.3) is 0 Å². The van der Waals surface area contributed by atoms with Crippen LogP contribution in [0.2, 0.25) is 0 Å². The molecule has 0 aromatic carbocycles. The van der Waals surface area contributed by atoms with Crippen molar-refractivity contribution in [2.24, 2.45) is 5.92 Å². The number of nitrogens with zero attached hydrogens (tertiary/aromatic N) is 1. The van der Waals surface area contributed by atoms with E-state index >= 15 is 0 Å². The summed E-state index contributed by atoms with van der Waals surface area (Å²) in [7, 11) is 1.40. The van der Waals surface area contributed by atoms with Crippen LogP contribution >= 0.6 is 0 Å². The number of ether oxygens (including phenoxy) is 1. The minimum atomic E-state index is -0.516. The van der Waals surface area contributed by atoms with Crippen molar-refractivity contribution in [2.45, 2.75) is 44.4 Å². The zero-order chi connectivity index (χ0) is 11.0. The number of methoxy groups -OCH3 is 1. The molecule has 2 bridgehead atoms. The van der Waals surface area contributed by atoms with Crippen molar-refractivity contribution in [3.05, 3.63) is 0 Å². The average molecular weight is 213 g/mol. The van der Waals surface area contributed by atoms with E-state index in [0.29, 0.717) is 12.5 Å². The van der Waals surface area contributed by atoms with E-state index in [1.807, 2.05) is 0 Å². The Balaban J connectivity index is 2.18. The van der Waals surface area contributed by atoms with Gasteiger partial charge in [-0.15, -0.1) is 0 Å². The summed E-state index contributed by atoms with van der Waals surface area (Å²) in [4.78, 5) is 14.0. The van der Waals surface area contributed by atoms with E-state index in [2.05, 4.69) is 11.8 Å². The molecule has 0 amide bonds. The van der Waals surface area contributed by atoms with Gasteiger partial charge in [-0.2, -0.15) is 0 Å². The molecule has 2 fully saturated rings. The first-order chi connectivity index (χ1) is 7.19. The molecule has 4 nitrogen and oxygen atoms in total. The van der Waals surface area contributed by atoms with Gasteiger partial charge >= 0.3 is 5.97 Å². The molecule has 3 unspecified atom stereocenters. The summed E-state index contributed by atoms with van der Waals surface area (Å²) < 4.78 is 4.78. The summed E-state index contributed by atoms with van der Waals surface area (Å²) in [5.41, 5.74) is 0. The molecule has 0 radical (unpaired) electrons. The molecule has 0 aromatic heterocycles. The third kappa shape index (κ3) is 1.66. The highest BCUT2D eigenvalue weighted by Crippen LogP contribution is 2.39. The number of aliphatic hydroxyl groups excluding tert-OH is 1. The number of hydrogen-bond acceptors (Lipinski definition) is 4. The second-order valence-electron chi connectivity index (χ2n) is 4.48. The number of hydrogen-bond donors (Lipinski definition) is 1. The first kappa shape index (κ1) is 10.9. The quantitative estimate of drug-likeness (QED) is 0.674. The largest absolute Gasteiger partial charge is 0.469 e. The molecule has 0 aliphatic carbocycles. The van der Waals surface area contributed by atoms with E-state index in [0.717, 1.165) is 19.4 Å². The van der Waals surface area contributed by atoms with Crippen LogP contribution in [-0.2, 0) is 9.53 Å². The molecule has 2 aliphatic heterocycles. The topological polar surface area (TPSA) is 49.8 Å². The molecule has 15 heavy (non-hydrogen) atoms. The summed E-state index contributed by atoms with van der Waals surface area (Å²) in [5.74, 6) is -0.597. The lowest BCUT2D eigenvalue weighted by molar-refractivity contribution is -0.156. The summed E-state index contributed by atoms with van der Waals surface area (Å²) in [6, 6.07) is 0.659. The molecule has 2 heterocycles. The van der Waals surface area contributed by atoms with Gasteiger partial charge in [-0.3, -0.25) is 9.69 Å². The maximum absolute atomic E-state index is 11.6. The Morgan fingerprint density at radius 3 is 2.87 bits per heavy atom. The predicted octanol–water partition coefficient (Wildman–Crippen LogP) is 0.393. The predicted molar refractivity (Wildman–Crippen MR) is 55.3 cm³/mol. The van der Waals surface area contributed by atoms with E-state index in [9.17, 15) is 9.90 Å². The van der Waals surface area contributed by atoms with Gasteiger partial charge < -0.3 is 9.84 Å². The van der Waals surface area contributed by atoms with Gasteiger partial charge in [0.1, 0.15) is 0 Å². The molecule has 2 saturated heterocycles. The minimum absolute atomic E-state index is 0.191. The molecule has 2 aliphatic rings. The molecule has 4 atom stereocenters. The van der Waals surface area contributed by atoms with Crippen LogP contribution in [0.15, 0.2) is 0 Å². The SMILES string of the molecule is CCN1C2CCC1[C@@H](C(=O)OC)C(O)C2. The highest BCUT2D eigenvalue weighted by atomic mass is 16.5. The third-order valence-electron chi connectivity index (χ3n) is 3.87. The Hall–Kier alpha value is -0.610. The molecule has 0 spiro atoms. The fourth-order valence-electron chi connectivity index (χ4n) is 3.23. The summed E-state index contributed by atoms with van der Waals surface area (Å²) in [6.07, 6.45) is 2.31. The summed E-state index contributed by atoms with van der Waals surface area (Å²) in [6.45, 7) is 3.06. The normalized spacial score (nSPS) is 40.5. The van der Waals surface area contributed by atoms with Crippen LogP contribution in [0.1, 0.15) is 26.2 Å². The van der Waals surface area contributed by atoms with Crippen LogP contribution in [0.25, 0.3) is 0 Å². The number of aliphatic hydroxyl groups is 1. The summed E-state index contributed by atoms with van der Waals surface area (Å²) in [5, 5.41) is 9.94. The van der Waals surface area contributed by atoms with Crippen LogP contribution in [0.4, 0.5) is 0 Å². The maximum Gasteiger partial charge on any atom is 0.312 e. The van der Waals surface area contributed by atoms with Crippen molar-refractivity contribution in [3.8, 4) is 0 Å². The number of fused-ring (bicyclic) bond motifs is 2. The van der Waals surface area contributed by atoms with Gasteiger partial charge in [-0.1, -0.05) is 6.92 Å². The summed E-state index contributed by atoms with van der Waals surface area (Å²) >= 11 is 0. The highest BCUT2D eigenvalue weighted by molar-refractivity contribution is 5.74. The molecule has 0 saturated carbocycles. The van der Waals surface area contributed by atoms with Crippen LogP contribution < -0.4 is 0 Å². The fourth-order valence-corrected chi connectivity index (χ4v) is 3.23. The van der Waals surface area contributed by atoms with Crippen molar-refractivity contribution in [2.75, 3.05) is 13.7 Å². The fraction of sp³-hybridized carbons (Fsp3) is 0.909. The van der Waals surface area contributed by atoms with E-state index in [1.165, 1.54) is 7.11 Å². The Bertz CT molecular complexity index is 256. The number of carbonyl (C=O) groups is 1. The van der Waals surface area contributed by atoms with Gasteiger partial charge in [-0.05, 0) is 25.8 Å². The molecule has 4 heteroatoms. The monoisotopic (exact) mass is 213 g/mol. The molecular weight excluding hydrogens is 194 g/mol. The standard InChI is InChI=1S/C11H19NO3/c1-3-12-7-4-5-8(12)10(9(13)6-7)11(14)15-2/h7-10,13H,3-6H2,1-2H3/t7?,8?,9?,10-/m1/s1. The van der Waals surface area contributed by atoms with E-state index in [4.69, 9.17) is 4.74 Å². The Morgan fingerprint density at radius 2 is 2.27 bits per heavy atom. The van der Waals surface area contributed by atoms with E-state index in [1.54, 1.807) is 0 Å². The average Bonchev–Trinajstić information content (AvgIpc) is 2.53. The number of carbonyl (C=O) groups excluding carboxylic acids is 1. The van der Waals surface area contributed by atoms with Crippen molar-refractivity contribution < 1.29 is 14.6 Å². The Morgan fingerprint density at radius 1 is 1.53 bits per heavy atom. The highest BCUT2D eigenvalue weighted by Gasteiger charge is 2.49. The zero-order valence-electron chi connectivity index (χ0n) is 9.35. The van der Waals surface area contributed by atoms with Crippen LogP contribution in [0.3, 0.4) is 0 Å². The van der Waals surface area contributed by atoms with Crippen molar-refractivity contribution in [3.63, 3.8) is 0 Å². The van der Waals surface area contributed by atoms with Crippen LogP contribution in [0.5, 0.6) is 0 Å². The second kappa shape index (κ2) is 4.10. The van der Waals surface area contributed by atoms with Gasteiger partial charge in [0.05, 0.1) is 19.1 Å². The molecule has 86 valence electrons. The Labute approximate surface area is 90.2 Å². The van der Waals surface area contributed by atoms with Crippen LogP contribution in [-0.4, -0.2) is 47.8 Å². The van der Waals surface area contributed by atoms with Crippen LogP contribution in [0, 0.1) is 5.92 Å². The van der Waals surface area contributed by atoms with Crippen molar-refractivity contribution in [1.82, 2.24) is 4.90 Å². The molecule has 2 rings (SSSR count). The molecule has 0 aromatic rings. The minimum Gasteiger partial charge on any atom is -0.469 e. The number of piperidine rings is 1. The Kier molecular flexibility index (Phi) is 2.98. The lowest BCUT2D eigenvalue weighted by Gasteiger charge is -2.40. The molecular formula is C11H19NO3.